The molecule has 0 radical (unpaired) electrons. The van der Waals surface area contributed by atoms with Gasteiger partial charge < -0.3 is 10.4 Å². The Labute approximate surface area is 108 Å². The maximum absolute atomic E-state index is 11.4. The zero-order chi connectivity index (χ0) is 13.4. The minimum atomic E-state index is 0.0174. The van der Waals surface area contributed by atoms with Crippen molar-refractivity contribution in [1.29, 1.82) is 0 Å². The van der Waals surface area contributed by atoms with Gasteiger partial charge in [0.25, 0.3) is 0 Å². The summed E-state index contributed by atoms with van der Waals surface area (Å²) in [6.45, 7) is 3.95. The Bertz CT molecular complexity index is 469. The van der Waals surface area contributed by atoms with E-state index < -0.39 is 0 Å². The summed E-state index contributed by atoms with van der Waals surface area (Å²) < 4.78 is 0. The average molecular weight is 245 g/mol. The van der Waals surface area contributed by atoms with Crippen molar-refractivity contribution in [1.82, 2.24) is 0 Å². The van der Waals surface area contributed by atoms with E-state index >= 15 is 0 Å². The van der Waals surface area contributed by atoms with Gasteiger partial charge in [-0.25, -0.2) is 0 Å². The van der Waals surface area contributed by atoms with Gasteiger partial charge in [0, 0.05) is 24.1 Å². The lowest BCUT2D eigenvalue weighted by Crippen LogP contribution is -2.11. The van der Waals surface area contributed by atoms with Gasteiger partial charge in [-0.15, -0.1) is 0 Å². The number of aliphatic hydroxyl groups is 1. The van der Waals surface area contributed by atoms with Crippen LogP contribution >= 0.6 is 0 Å². The van der Waals surface area contributed by atoms with Crippen LogP contribution in [0.25, 0.3) is 0 Å². The lowest BCUT2D eigenvalue weighted by atomic mass is 10.1. The number of hydrogen-bond donors (Lipinski definition) is 2. The lowest BCUT2D eigenvalue weighted by molar-refractivity contribution is -0.115. The standard InChI is InChI=1S/C15H19NO2/c1-3-13-11-12(7-5-6-10-17)8-9-14(13)16-15(18)4-2/h8-9,11,17H,3-4,6,10H2,1-2H3,(H,16,18). The third-order valence-corrected chi connectivity index (χ3v) is 2.55. The van der Waals surface area contributed by atoms with Gasteiger partial charge in [-0.1, -0.05) is 25.7 Å². The van der Waals surface area contributed by atoms with Crippen LogP contribution < -0.4 is 5.32 Å². The van der Waals surface area contributed by atoms with Crippen LogP contribution in [0, 0.1) is 11.8 Å². The molecule has 0 fully saturated rings. The smallest absolute Gasteiger partial charge is 0.224 e. The van der Waals surface area contributed by atoms with Gasteiger partial charge in [-0.05, 0) is 30.2 Å². The van der Waals surface area contributed by atoms with Gasteiger partial charge in [0.1, 0.15) is 0 Å². The molecule has 0 aromatic heterocycles. The number of anilines is 1. The summed E-state index contributed by atoms with van der Waals surface area (Å²) in [6, 6.07) is 5.75. The van der Waals surface area contributed by atoms with E-state index in [-0.39, 0.29) is 12.5 Å². The highest BCUT2D eigenvalue weighted by Gasteiger charge is 2.04. The quantitative estimate of drug-likeness (QED) is 0.800. The van der Waals surface area contributed by atoms with Crippen molar-refractivity contribution >= 4 is 11.6 Å². The van der Waals surface area contributed by atoms with Gasteiger partial charge in [-0.3, -0.25) is 4.79 Å². The van der Waals surface area contributed by atoms with Crippen molar-refractivity contribution in [3.8, 4) is 11.8 Å². The van der Waals surface area contributed by atoms with Crippen LogP contribution in [-0.2, 0) is 11.2 Å². The Hall–Kier alpha value is -1.79. The maximum atomic E-state index is 11.4. The normalized spacial score (nSPS) is 9.50. The fourth-order valence-electron chi connectivity index (χ4n) is 1.54. The summed E-state index contributed by atoms with van der Waals surface area (Å²) in [7, 11) is 0. The molecule has 2 N–H and O–H groups in total. The SMILES string of the molecule is CCC(=O)Nc1ccc(C#CCCO)cc1CC. The Balaban J connectivity index is 2.90. The predicted octanol–water partition coefficient (Wildman–Crippen LogP) is 2.33. The molecule has 0 aliphatic rings. The average Bonchev–Trinajstić information content (AvgIpc) is 2.40. The van der Waals surface area contributed by atoms with Gasteiger partial charge in [0.15, 0.2) is 0 Å². The zero-order valence-corrected chi connectivity index (χ0v) is 10.9. The molecule has 96 valence electrons. The molecule has 0 bridgehead atoms. The van der Waals surface area contributed by atoms with Crippen molar-refractivity contribution in [2.45, 2.75) is 33.1 Å². The molecule has 0 aliphatic carbocycles. The van der Waals surface area contributed by atoms with E-state index in [9.17, 15) is 4.79 Å². The van der Waals surface area contributed by atoms with E-state index in [0.717, 1.165) is 23.2 Å². The third-order valence-electron chi connectivity index (χ3n) is 2.55. The van der Waals surface area contributed by atoms with Gasteiger partial charge in [0.05, 0.1) is 6.61 Å². The van der Waals surface area contributed by atoms with E-state index in [0.29, 0.717) is 12.8 Å². The number of hydrogen-bond acceptors (Lipinski definition) is 2. The molecule has 0 spiro atoms. The van der Waals surface area contributed by atoms with Crippen molar-refractivity contribution in [3.63, 3.8) is 0 Å². The second-order valence-electron chi connectivity index (χ2n) is 3.90. The summed E-state index contributed by atoms with van der Waals surface area (Å²) in [6.07, 6.45) is 1.80. The molecule has 0 atom stereocenters. The van der Waals surface area contributed by atoms with Crippen LogP contribution in [0.1, 0.15) is 37.8 Å². The zero-order valence-electron chi connectivity index (χ0n) is 10.9. The van der Waals surface area contributed by atoms with E-state index in [1.54, 1.807) is 0 Å². The number of carbonyl (C=O) groups excluding carboxylic acids is 1. The highest BCUT2D eigenvalue weighted by Crippen LogP contribution is 2.18. The number of aryl methyl sites for hydroxylation is 1. The van der Waals surface area contributed by atoms with Crippen LogP contribution in [0.15, 0.2) is 18.2 Å². The topological polar surface area (TPSA) is 49.3 Å². The predicted molar refractivity (Wildman–Crippen MR) is 73.3 cm³/mol. The molecule has 0 unspecified atom stereocenters. The first-order valence-corrected chi connectivity index (χ1v) is 6.23. The molecule has 0 heterocycles. The number of amides is 1. The second-order valence-corrected chi connectivity index (χ2v) is 3.90. The van der Waals surface area contributed by atoms with E-state index in [1.165, 1.54) is 0 Å². The number of nitrogens with one attached hydrogen (secondary N) is 1. The highest BCUT2D eigenvalue weighted by atomic mass is 16.2. The molecular weight excluding hydrogens is 226 g/mol. The minimum Gasteiger partial charge on any atom is -0.395 e. The number of aliphatic hydroxyl groups excluding tert-OH is 1. The van der Waals surface area contributed by atoms with E-state index in [2.05, 4.69) is 17.2 Å². The second kappa shape index (κ2) is 7.52. The van der Waals surface area contributed by atoms with Crippen LogP contribution in [0.4, 0.5) is 5.69 Å². The summed E-state index contributed by atoms with van der Waals surface area (Å²) in [5.41, 5.74) is 2.85. The number of carbonyl (C=O) groups is 1. The number of rotatable bonds is 4. The van der Waals surface area contributed by atoms with Gasteiger partial charge in [-0.2, -0.15) is 0 Å². The Morgan fingerprint density at radius 2 is 2.17 bits per heavy atom. The molecule has 3 nitrogen and oxygen atoms in total. The molecule has 1 rings (SSSR count). The van der Waals surface area contributed by atoms with Gasteiger partial charge in [0.2, 0.25) is 5.91 Å². The van der Waals surface area contributed by atoms with E-state index in [4.69, 9.17) is 5.11 Å². The largest absolute Gasteiger partial charge is 0.395 e. The molecule has 1 aromatic rings. The first-order valence-electron chi connectivity index (χ1n) is 6.23. The van der Waals surface area contributed by atoms with Crippen molar-refractivity contribution in [3.05, 3.63) is 29.3 Å². The molecule has 3 heteroatoms. The lowest BCUT2D eigenvalue weighted by Gasteiger charge is -2.09. The molecule has 0 aliphatic heterocycles. The molecular formula is C15H19NO2. The Morgan fingerprint density at radius 3 is 2.78 bits per heavy atom. The van der Waals surface area contributed by atoms with Crippen LogP contribution in [0.5, 0.6) is 0 Å². The fraction of sp³-hybridized carbons (Fsp3) is 0.400. The Morgan fingerprint density at radius 1 is 1.39 bits per heavy atom. The first kappa shape index (κ1) is 14.3. The van der Waals surface area contributed by atoms with Crippen molar-refractivity contribution in [2.24, 2.45) is 0 Å². The maximum Gasteiger partial charge on any atom is 0.224 e. The molecule has 1 amide bonds. The van der Waals surface area contributed by atoms with Crippen LogP contribution in [0.3, 0.4) is 0 Å². The molecule has 1 aromatic carbocycles. The van der Waals surface area contributed by atoms with Crippen LogP contribution in [-0.4, -0.2) is 17.6 Å². The number of benzene rings is 1. The minimum absolute atomic E-state index is 0.0174. The van der Waals surface area contributed by atoms with E-state index in [1.807, 2.05) is 32.0 Å². The monoisotopic (exact) mass is 245 g/mol. The summed E-state index contributed by atoms with van der Waals surface area (Å²) in [5.74, 6) is 5.90. The molecule has 18 heavy (non-hydrogen) atoms. The fourth-order valence-corrected chi connectivity index (χ4v) is 1.54. The first-order chi connectivity index (χ1) is 8.71. The van der Waals surface area contributed by atoms with Gasteiger partial charge >= 0.3 is 0 Å². The Kier molecular flexibility index (Phi) is 5.96. The van der Waals surface area contributed by atoms with Crippen molar-refractivity contribution in [2.75, 3.05) is 11.9 Å². The molecule has 0 saturated heterocycles. The highest BCUT2D eigenvalue weighted by molar-refractivity contribution is 5.91. The third kappa shape index (κ3) is 4.23. The summed E-state index contributed by atoms with van der Waals surface area (Å²) in [5, 5.41) is 11.5. The van der Waals surface area contributed by atoms with Crippen LogP contribution in [0.2, 0.25) is 0 Å². The summed E-state index contributed by atoms with van der Waals surface area (Å²) >= 11 is 0. The summed E-state index contributed by atoms with van der Waals surface area (Å²) in [4.78, 5) is 11.4. The van der Waals surface area contributed by atoms with Crippen molar-refractivity contribution < 1.29 is 9.90 Å². The molecule has 0 saturated carbocycles.